The van der Waals surface area contributed by atoms with Gasteiger partial charge < -0.3 is 15.0 Å². The largest absolute Gasteiger partial charge is 0.462 e. The zero-order valence-corrected chi connectivity index (χ0v) is 16.2. The van der Waals surface area contributed by atoms with E-state index in [-0.39, 0.29) is 11.9 Å². The van der Waals surface area contributed by atoms with Crippen LogP contribution in [0.15, 0.2) is 0 Å². The quantitative estimate of drug-likeness (QED) is 0.591. The molecule has 0 aliphatic carbocycles. The molecule has 2 aromatic rings. The third kappa shape index (κ3) is 3.80. The Hall–Kier alpha value is -2.22. The summed E-state index contributed by atoms with van der Waals surface area (Å²) in [5.41, 5.74) is 0.848. The second-order valence-corrected chi connectivity index (χ2v) is 7.34. The van der Waals surface area contributed by atoms with Crippen molar-refractivity contribution < 1.29 is 14.3 Å². The maximum Gasteiger partial charge on any atom is 0.348 e. The van der Waals surface area contributed by atoms with Gasteiger partial charge in [-0.15, -0.1) is 11.3 Å². The molecule has 1 amide bonds. The molecular weight excluding hydrogens is 352 g/mol. The molecule has 3 rings (SSSR count). The first-order valence-electron chi connectivity index (χ1n) is 8.97. The number of nitrogens with one attached hydrogen (secondary N) is 1. The van der Waals surface area contributed by atoms with Gasteiger partial charge >= 0.3 is 5.97 Å². The molecule has 1 aliphatic rings. The lowest BCUT2D eigenvalue weighted by Crippen LogP contribution is -2.27. The van der Waals surface area contributed by atoms with E-state index in [1.807, 2.05) is 18.7 Å². The Morgan fingerprint density at radius 1 is 1.35 bits per heavy atom. The minimum absolute atomic E-state index is 0.248. The monoisotopic (exact) mass is 376 g/mol. The van der Waals surface area contributed by atoms with Gasteiger partial charge in [-0.1, -0.05) is 0 Å². The Balaban J connectivity index is 1.74. The highest BCUT2D eigenvalue weighted by atomic mass is 32.1. The summed E-state index contributed by atoms with van der Waals surface area (Å²) < 4.78 is 5.14. The van der Waals surface area contributed by atoms with Crippen molar-refractivity contribution in [2.45, 2.75) is 40.0 Å². The van der Waals surface area contributed by atoms with E-state index in [9.17, 15) is 9.59 Å². The van der Waals surface area contributed by atoms with Crippen LogP contribution in [-0.2, 0) is 9.53 Å². The van der Waals surface area contributed by atoms with Gasteiger partial charge in [0.2, 0.25) is 5.91 Å². The molecule has 1 aliphatic heterocycles. The van der Waals surface area contributed by atoms with Crippen LogP contribution in [0.25, 0.3) is 10.2 Å². The van der Waals surface area contributed by atoms with Gasteiger partial charge in [0.15, 0.2) is 0 Å². The van der Waals surface area contributed by atoms with E-state index in [1.165, 1.54) is 11.3 Å². The highest BCUT2D eigenvalue weighted by molar-refractivity contribution is 7.20. The van der Waals surface area contributed by atoms with E-state index in [4.69, 9.17) is 4.74 Å². The molecule has 1 N–H and O–H groups in total. The first kappa shape index (κ1) is 18.6. The van der Waals surface area contributed by atoms with E-state index in [2.05, 4.69) is 15.3 Å². The molecule has 2 aromatic heterocycles. The number of esters is 1. The van der Waals surface area contributed by atoms with E-state index in [1.54, 1.807) is 6.92 Å². The summed E-state index contributed by atoms with van der Waals surface area (Å²) in [6, 6.07) is 0. The number of hydrogen-bond acceptors (Lipinski definition) is 7. The Morgan fingerprint density at radius 2 is 2.15 bits per heavy atom. The highest BCUT2D eigenvalue weighted by Crippen LogP contribution is 2.34. The molecule has 3 heterocycles. The van der Waals surface area contributed by atoms with Crippen molar-refractivity contribution in [1.82, 2.24) is 14.9 Å². The fourth-order valence-corrected chi connectivity index (χ4v) is 4.30. The predicted molar refractivity (Wildman–Crippen MR) is 102 cm³/mol. The van der Waals surface area contributed by atoms with Crippen molar-refractivity contribution in [3.8, 4) is 0 Å². The molecule has 0 aromatic carbocycles. The van der Waals surface area contributed by atoms with Gasteiger partial charge in [-0.05, 0) is 39.2 Å². The van der Waals surface area contributed by atoms with Crippen LogP contribution >= 0.6 is 11.3 Å². The number of thiophene rings is 1. The lowest BCUT2D eigenvalue weighted by molar-refractivity contribution is -0.127. The van der Waals surface area contributed by atoms with Crippen LogP contribution in [0.2, 0.25) is 0 Å². The van der Waals surface area contributed by atoms with Crippen LogP contribution in [0, 0.1) is 13.8 Å². The SMILES string of the molecule is CCOC(=O)c1sc2nc(C)nc(NCCCN3CCCC3=O)c2c1C. The maximum absolute atomic E-state index is 12.2. The summed E-state index contributed by atoms with van der Waals surface area (Å²) in [7, 11) is 0. The van der Waals surface area contributed by atoms with Crippen LogP contribution in [0.4, 0.5) is 5.82 Å². The van der Waals surface area contributed by atoms with Gasteiger partial charge in [0.05, 0.1) is 12.0 Å². The fraction of sp³-hybridized carbons (Fsp3) is 0.556. The van der Waals surface area contributed by atoms with E-state index >= 15 is 0 Å². The number of ether oxygens (including phenoxy) is 1. The highest BCUT2D eigenvalue weighted by Gasteiger charge is 2.21. The average Bonchev–Trinajstić information content (AvgIpc) is 3.15. The molecular formula is C18H24N4O3S. The Morgan fingerprint density at radius 3 is 2.85 bits per heavy atom. The van der Waals surface area contributed by atoms with Crippen LogP contribution in [0.5, 0.6) is 0 Å². The van der Waals surface area contributed by atoms with E-state index in [0.717, 1.165) is 47.5 Å². The standard InChI is InChI=1S/C18H24N4O3S/c1-4-25-18(24)15-11(2)14-16(20-12(3)21-17(14)26-15)19-8-6-10-22-9-5-7-13(22)23/h4-10H2,1-3H3,(H,19,20,21). The topological polar surface area (TPSA) is 84.4 Å². The number of aromatic nitrogens is 2. The molecule has 0 spiro atoms. The average molecular weight is 376 g/mol. The van der Waals surface area contributed by atoms with Crippen molar-refractivity contribution in [1.29, 1.82) is 0 Å². The fourth-order valence-electron chi connectivity index (χ4n) is 3.18. The van der Waals surface area contributed by atoms with Crippen molar-refractivity contribution in [3.05, 3.63) is 16.3 Å². The van der Waals surface area contributed by atoms with Crippen molar-refractivity contribution in [2.24, 2.45) is 0 Å². The third-order valence-electron chi connectivity index (χ3n) is 4.43. The van der Waals surface area contributed by atoms with Crippen LogP contribution in [0.3, 0.4) is 0 Å². The number of carbonyl (C=O) groups excluding carboxylic acids is 2. The molecule has 0 atom stereocenters. The van der Waals surface area contributed by atoms with Crippen molar-refractivity contribution in [3.63, 3.8) is 0 Å². The summed E-state index contributed by atoms with van der Waals surface area (Å²) in [4.78, 5) is 36.1. The number of hydrogen-bond donors (Lipinski definition) is 1. The van der Waals surface area contributed by atoms with E-state index < -0.39 is 0 Å². The first-order chi connectivity index (χ1) is 12.5. The molecule has 7 nitrogen and oxygen atoms in total. The zero-order chi connectivity index (χ0) is 18.7. The maximum atomic E-state index is 12.2. The van der Waals surface area contributed by atoms with Crippen LogP contribution in [-0.4, -0.2) is 53.0 Å². The molecule has 0 bridgehead atoms. The number of carbonyl (C=O) groups is 2. The minimum atomic E-state index is -0.316. The van der Waals surface area contributed by atoms with Gasteiger partial charge in [-0.3, -0.25) is 4.79 Å². The Bertz CT molecular complexity index is 833. The summed E-state index contributed by atoms with van der Waals surface area (Å²) in [5, 5.41) is 4.23. The van der Waals surface area contributed by atoms with Crippen molar-refractivity contribution >= 4 is 39.2 Å². The molecule has 1 fully saturated rings. The number of likely N-dealkylation sites (tertiary alicyclic amines) is 1. The number of aryl methyl sites for hydroxylation is 2. The summed E-state index contributed by atoms with van der Waals surface area (Å²) in [6.07, 6.45) is 2.48. The summed E-state index contributed by atoms with van der Waals surface area (Å²) >= 11 is 1.34. The summed E-state index contributed by atoms with van der Waals surface area (Å²) in [6.45, 7) is 8.21. The number of rotatable bonds is 7. The van der Waals surface area contributed by atoms with Gasteiger partial charge in [-0.25, -0.2) is 14.8 Å². The predicted octanol–water partition coefficient (Wildman–Crippen LogP) is 2.91. The zero-order valence-electron chi connectivity index (χ0n) is 15.4. The lowest BCUT2D eigenvalue weighted by Gasteiger charge is -2.15. The van der Waals surface area contributed by atoms with Gasteiger partial charge in [0, 0.05) is 26.1 Å². The molecule has 140 valence electrons. The van der Waals surface area contributed by atoms with Gasteiger partial charge in [0.25, 0.3) is 0 Å². The molecule has 0 saturated carbocycles. The summed E-state index contributed by atoms with van der Waals surface area (Å²) in [5.74, 6) is 1.33. The second-order valence-electron chi connectivity index (χ2n) is 6.34. The lowest BCUT2D eigenvalue weighted by atomic mass is 10.2. The smallest absolute Gasteiger partial charge is 0.348 e. The Labute approximate surface area is 156 Å². The van der Waals surface area contributed by atoms with Crippen LogP contribution in [0.1, 0.15) is 47.2 Å². The number of fused-ring (bicyclic) bond motifs is 1. The number of amides is 1. The van der Waals surface area contributed by atoms with E-state index in [0.29, 0.717) is 30.3 Å². The normalized spacial score (nSPS) is 14.3. The second kappa shape index (κ2) is 7.99. The molecule has 8 heteroatoms. The van der Waals surface area contributed by atoms with Gasteiger partial charge in [0.1, 0.15) is 21.3 Å². The molecule has 0 unspecified atom stereocenters. The van der Waals surface area contributed by atoms with Crippen LogP contribution < -0.4 is 5.32 Å². The third-order valence-corrected chi connectivity index (χ3v) is 5.60. The molecule has 26 heavy (non-hydrogen) atoms. The number of nitrogens with zero attached hydrogens (tertiary/aromatic N) is 3. The minimum Gasteiger partial charge on any atom is -0.462 e. The van der Waals surface area contributed by atoms with Gasteiger partial charge in [-0.2, -0.15) is 0 Å². The Kier molecular flexibility index (Phi) is 5.70. The number of anilines is 1. The van der Waals surface area contributed by atoms with Crippen molar-refractivity contribution in [2.75, 3.05) is 31.6 Å². The first-order valence-corrected chi connectivity index (χ1v) is 9.79. The molecule has 0 radical (unpaired) electrons. The molecule has 1 saturated heterocycles.